The molecule has 0 amide bonds. The monoisotopic (exact) mass is 1270 g/mol. The highest BCUT2D eigenvalue weighted by Crippen LogP contribution is 2.33. The number of sulfone groups is 1. The number of halogens is 13. The number of hydrogen-bond acceptors (Lipinski definition) is 3. The second kappa shape index (κ2) is 27.6. The van der Waals surface area contributed by atoms with Crippen LogP contribution in [0.4, 0.5) is 57.1 Å². The molecule has 0 heterocycles. The van der Waals surface area contributed by atoms with Gasteiger partial charge in [-0.2, -0.15) is 0 Å². The van der Waals surface area contributed by atoms with Crippen molar-refractivity contribution in [3.8, 4) is 66.8 Å². The Bertz CT molecular complexity index is 4470. The number of rotatable bonds is 12. The molecule has 0 N–H and O–H groups in total. The molecule has 12 aromatic carbocycles. The van der Waals surface area contributed by atoms with Crippen molar-refractivity contribution in [2.75, 3.05) is 0 Å². The van der Waals surface area contributed by atoms with Crippen LogP contribution >= 0.6 is 0 Å². The highest BCUT2D eigenvalue weighted by Gasteiger charge is 2.21. The van der Waals surface area contributed by atoms with Crippen LogP contribution in [0.15, 0.2) is 252 Å². The lowest BCUT2D eigenvalue weighted by Crippen LogP contribution is -2.03. The third-order valence-corrected chi connectivity index (χ3v) is 16.5. The van der Waals surface area contributed by atoms with Crippen LogP contribution in [0.3, 0.4) is 0 Å². The minimum absolute atomic E-state index is 0.0264. The van der Waals surface area contributed by atoms with Crippen molar-refractivity contribution in [2.45, 2.75) is 23.1 Å². The molecule has 0 aromatic heterocycles. The molecule has 0 saturated carbocycles. The van der Waals surface area contributed by atoms with Gasteiger partial charge in [0.2, 0.25) is 9.84 Å². The van der Waals surface area contributed by atoms with Gasteiger partial charge in [-0.25, -0.2) is 65.5 Å². The molecule has 92 heavy (non-hydrogen) atoms. The quantitative estimate of drug-likeness (QED) is 0.0696. The van der Waals surface area contributed by atoms with E-state index < -0.39 is 79.6 Å². The molecule has 12 aromatic rings. The summed E-state index contributed by atoms with van der Waals surface area (Å²) in [6, 6.07) is 55.4. The molecule has 12 rings (SSSR count). The highest BCUT2D eigenvalue weighted by atomic mass is 32.2. The summed E-state index contributed by atoms with van der Waals surface area (Å²) >= 11 is 0. The van der Waals surface area contributed by atoms with Crippen LogP contribution in [0.25, 0.3) is 66.8 Å². The molecule has 0 atom stereocenters. The van der Waals surface area contributed by atoms with Gasteiger partial charge in [0.05, 0.1) is 9.79 Å². The molecule has 0 unspecified atom stereocenters. The Morgan fingerprint density at radius 2 is 0.554 bits per heavy atom. The summed E-state index contributed by atoms with van der Waals surface area (Å²) in [5.74, 6) is -12.3. The molecule has 0 spiro atoms. The number of carbonyl (C=O) groups is 1. The van der Waals surface area contributed by atoms with Gasteiger partial charge in [0.1, 0.15) is 40.7 Å². The van der Waals surface area contributed by atoms with Gasteiger partial charge >= 0.3 is 0 Å². The molecule has 0 aliphatic carbocycles. The van der Waals surface area contributed by atoms with E-state index in [1.165, 1.54) is 158 Å². The zero-order valence-electron chi connectivity index (χ0n) is 47.8. The van der Waals surface area contributed by atoms with Crippen molar-refractivity contribution in [1.82, 2.24) is 0 Å². The lowest BCUT2D eigenvalue weighted by atomic mass is 9.96. The van der Waals surface area contributed by atoms with Gasteiger partial charge in [-0.1, -0.05) is 139 Å². The van der Waals surface area contributed by atoms with Crippen molar-refractivity contribution in [1.29, 1.82) is 0 Å². The standard InChI is InChI=1S/C26H17F3O.C25H16F4.C24H12F6O2S/c1-16-2-4-17(5-3-16)22-12-8-19(14-24(22)28)26(30)20-9-13-23(25(29)15-20)18-6-10-21(27)11-7-18;26-20-7-3-18(4-8-20)22-11-1-16(14-24(22)28)13-17-2-12-23(25(29)15-17)19-5-9-21(27)10-6-19;25-19-9-15(10-20(26)23(19)29)13-1-5-17(6-2-13)33(31,32)18-7-3-14(4-8-18)16-11-21(27)24(30)22(28)12-16/h2-15H,1H3;1-12,14-15H,13H2;1-12H. The van der Waals surface area contributed by atoms with Gasteiger partial charge in [-0.3, -0.25) is 4.79 Å². The van der Waals surface area contributed by atoms with Crippen molar-refractivity contribution >= 4 is 15.6 Å². The second-order valence-corrected chi connectivity index (χ2v) is 22.9. The predicted molar refractivity (Wildman–Crippen MR) is 327 cm³/mol. The maximum Gasteiger partial charge on any atom is 0.206 e. The Labute approximate surface area is 519 Å². The Morgan fingerprint density at radius 3 is 0.848 bits per heavy atom. The molecule has 0 radical (unpaired) electrons. The van der Waals surface area contributed by atoms with Crippen molar-refractivity contribution < 1.29 is 70.3 Å². The molecule has 3 nitrogen and oxygen atoms in total. The first-order valence-electron chi connectivity index (χ1n) is 27.8. The first kappa shape index (κ1) is 64.3. The van der Waals surface area contributed by atoms with Gasteiger partial charge < -0.3 is 0 Å². The number of hydrogen-bond donors (Lipinski definition) is 0. The first-order chi connectivity index (χ1) is 44.0. The summed E-state index contributed by atoms with van der Waals surface area (Å²) in [5, 5.41) is 0. The fourth-order valence-electron chi connectivity index (χ4n) is 9.84. The van der Waals surface area contributed by atoms with Gasteiger partial charge in [0, 0.05) is 33.4 Å². The Kier molecular flexibility index (Phi) is 19.3. The van der Waals surface area contributed by atoms with Crippen molar-refractivity contribution in [2.24, 2.45) is 0 Å². The number of ketones is 1. The largest absolute Gasteiger partial charge is 0.289 e. The molecule has 0 aliphatic rings. The Morgan fingerprint density at radius 1 is 0.283 bits per heavy atom. The summed E-state index contributed by atoms with van der Waals surface area (Å²) in [7, 11) is -4.00. The highest BCUT2D eigenvalue weighted by molar-refractivity contribution is 7.91. The van der Waals surface area contributed by atoms with E-state index in [4.69, 9.17) is 0 Å². The maximum atomic E-state index is 14.7. The lowest BCUT2D eigenvalue weighted by Gasteiger charge is -2.09. The smallest absolute Gasteiger partial charge is 0.206 e. The zero-order chi connectivity index (χ0) is 65.5. The lowest BCUT2D eigenvalue weighted by molar-refractivity contribution is 0.103. The van der Waals surface area contributed by atoms with Crippen molar-refractivity contribution in [3.05, 3.63) is 346 Å². The second-order valence-electron chi connectivity index (χ2n) is 21.0. The number of aryl methyl sites for hydroxylation is 1. The molecular formula is C75H45F13O3S. The topological polar surface area (TPSA) is 51.2 Å². The Hall–Kier alpha value is -10.7. The number of benzene rings is 12. The van der Waals surface area contributed by atoms with Crippen LogP contribution in [0.1, 0.15) is 32.6 Å². The van der Waals surface area contributed by atoms with Gasteiger partial charge in [-0.05, 0) is 178 Å². The van der Waals surface area contributed by atoms with E-state index in [2.05, 4.69) is 0 Å². The molecule has 17 heteroatoms. The van der Waals surface area contributed by atoms with E-state index >= 15 is 0 Å². The van der Waals surface area contributed by atoms with Crippen LogP contribution < -0.4 is 0 Å². The van der Waals surface area contributed by atoms with Gasteiger partial charge in [0.15, 0.2) is 40.7 Å². The zero-order valence-corrected chi connectivity index (χ0v) is 48.7. The van der Waals surface area contributed by atoms with E-state index in [0.29, 0.717) is 56.5 Å². The van der Waals surface area contributed by atoms with Crippen LogP contribution in [0, 0.1) is 82.5 Å². The number of carbonyl (C=O) groups excluding carboxylic acids is 1. The average Bonchev–Trinajstić information content (AvgIpc) is 0.930. The van der Waals surface area contributed by atoms with E-state index in [1.807, 2.05) is 31.2 Å². The maximum absolute atomic E-state index is 14.7. The summed E-state index contributed by atoms with van der Waals surface area (Å²) in [5.41, 5.74) is 7.10. The van der Waals surface area contributed by atoms with E-state index in [-0.39, 0.29) is 60.4 Å². The first-order valence-corrected chi connectivity index (χ1v) is 29.3. The Balaban J connectivity index is 0.000000152. The molecule has 0 bridgehead atoms. The van der Waals surface area contributed by atoms with Gasteiger partial charge in [0.25, 0.3) is 0 Å². The van der Waals surface area contributed by atoms with E-state index in [1.54, 1.807) is 30.3 Å². The third-order valence-electron chi connectivity index (χ3n) is 14.7. The summed E-state index contributed by atoms with van der Waals surface area (Å²) in [6.07, 6.45) is 0.362. The molecule has 460 valence electrons. The summed E-state index contributed by atoms with van der Waals surface area (Å²) in [4.78, 5) is 12.5. The van der Waals surface area contributed by atoms with Gasteiger partial charge in [-0.15, -0.1) is 0 Å². The average molecular weight is 1270 g/mol. The fraction of sp³-hybridized carbons (Fsp3) is 0.0267. The van der Waals surface area contributed by atoms with Crippen LogP contribution in [0.5, 0.6) is 0 Å². The van der Waals surface area contributed by atoms with E-state index in [0.717, 1.165) is 35.9 Å². The van der Waals surface area contributed by atoms with Crippen molar-refractivity contribution in [3.63, 3.8) is 0 Å². The van der Waals surface area contributed by atoms with Crippen LogP contribution in [-0.2, 0) is 16.3 Å². The molecule has 0 fully saturated rings. The SMILES string of the molecule is Cc1ccc(-c2ccc(C(=O)c3ccc(-c4ccc(F)cc4)c(F)c3)cc2F)cc1.Fc1ccc(-c2ccc(Cc3ccc(-c4ccc(F)cc4)c(F)c3)cc2F)cc1.O=S(=O)(c1ccc(-c2cc(F)c(F)c(F)c2)cc1)c1ccc(-c2cc(F)c(F)c(F)c2)cc1. The minimum Gasteiger partial charge on any atom is -0.289 e. The summed E-state index contributed by atoms with van der Waals surface area (Å²) in [6.45, 7) is 1.95. The third kappa shape index (κ3) is 14.8. The molecule has 0 saturated heterocycles. The fourth-order valence-corrected chi connectivity index (χ4v) is 11.1. The summed E-state index contributed by atoms with van der Waals surface area (Å²) < 4.78 is 203. The minimum atomic E-state index is -4.00. The van der Waals surface area contributed by atoms with Crippen LogP contribution in [-0.4, -0.2) is 14.2 Å². The predicted octanol–water partition coefficient (Wildman–Crippen LogP) is 20.8. The molecule has 0 aliphatic heterocycles. The van der Waals surface area contributed by atoms with E-state index in [9.17, 15) is 70.3 Å². The molecular weight excluding hydrogens is 1230 g/mol. The normalized spacial score (nSPS) is 11.1. The van der Waals surface area contributed by atoms with Crippen LogP contribution in [0.2, 0.25) is 0 Å².